The van der Waals surface area contributed by atoms with Gasteiger partial charge in [-0.15, -0.1) is 0 Å². The second-order valence-electron chi connectivity index (χ2n) is 6.10. The lowest BCUT2D eigenvalue weighted by molar-refractivity contribution is -0.0363. The van der Waals surface area contributed by atoms with Gasteiger partial charge in [-0.25, -0.2) is 0 Å². The van der Waals surface area contributed by atoms with Gasteiger partial charge in [-0.1, -0.05) is 20.3 Å². The Hall–Kier alpha value is -0.0800. The highest BCUT2D eigenvalue weighted by Gasteiger charge is 2.37. The lowest BCUT2D eigenvalue weighted by Crippen LogP contribution is -2.52. The molecule has 4 unspecified atom stereocenters. The van der Waals surface area contributed by atoms with Crippen LogP contribution in [0.5, 0.6) is 0 Å². The van der Waals surface area contributed by atoms with Crippen molar-refractivity contribution >= 4 is 0 Å². The molecular formula is C14H29NO. The molecule has 1 saturated carbocycles. The van der Waals surface area contributed by atoms with Gasteiger partial charge in [-0.3, -0.25) is 0 Å². The highest BCUT2D eigenvalue weighted by molar-refractivity contribution is 4.92. The summed E-state index contributed by atoms with van der Waals surface area (Å²) in [5.74, 6) is 2.49. The predicted molar refractivity (Wildman–Crippen MR) is 69.6 cm³/mol. The van der Waals surface area contributed by atoms with Crippen molar-refractivity contribution in [2.45, 2.75) is 58.6 Å². The molecule has 1 fully saturated rings. The highest BCUT2D eigenvalue weighted by atomic mass is 16.5. The summed E-state index contributed by atoms with van der Waals surface area (Å²) < 4.78 is 5.64. The van der Waals surface area contributed by atoms with Gasteiger partial charge in [-0.05, 0) is 51.5 Å². The van der Waals surface area contributed by atoms with Crippen LogP contribution in [0.4, 0.5) is 0 Å². The molecule has 16 heavy (non-hydrogen) atoms. The molecule has 0 radical (unpaired) electrons. The van der Waals surface area contributed by atoms with E-state index >= 15 is 0 Å². The first-order valence-electron chi connectivity index (χ1n) is 6.64. The summed E-state index contributed by atoms with van der Waals surface area (Å²) in [6.45, 7) is 9.16. The molecule has 1 aliphatic rings. The van der Waals surface area contributed by atoms with E-state index in [2.05, 4.69) is 40.1 Å². The Kier molecular flexibility index (Phi) is 4.81. The van der Waals surface area contributed by atoms with Crippen LogP contribution in [0.2, 0.25) is 0 Å². The smallest absolute Gasteiger partial charge is 0.0777 e. The average molecular weight is 227 g/mol. The quantitative estimate of drug-likeness (QED) is 0.797. The molecule has 96 valence electrons. The molecule has 1 rings (SSSR count). The van der Waals surface area contributed by atoms with Gasteiger partial charge in [0.15, 0.2) is 0 Å². The van der Waals surface area contributed by atoms with Crippen LogP contribution in [-0.4, -0.2) is 25.8 Å². The summed E-state index contributed by atoms with van der Waals surface area (Å²) in [4.78, 5) is 0. The van der Waals surface area contributed by atoms with E-state index in [1.54, 1.807) is 0 Å². The predicted octanol–water partition coefficient (Wildman–Crippen LogP) is 3.07. The van der Waals surface area contributed by atoms with Crippen molar-refractivity contribution in [3.8, 4) is 0 Å². The van der Waals surface area contributed by atoms with Gasteiger partial charge in [-0.2, -0.15) is 0 Å². The van der Waals surface area contributed by atoms with Crippen molar-refractivity contribution in [3.63, 3.8) is 0 Å². The summed E-state index contributed by atoms with van der Waals surface area (Å²) in [5.41, 5.74) is -0.0697. The molecule has 0 amide bonds. The third kappa shape index (κ3) is 2.98. The normalized spacial score (nSPS) is 33.8. The second kappa shape index (κ2) is 5.50. The molecule has 0 bridgehead atoms. The van der Waals surface area contributed by atoms with Crippen LogP contribution in [0, 0.1) is 17.8 Å². The third-order valence-electron chi connectivity index (χ3n) is 4.70. The number of hydrogen-bond acceptors (Lipinski definition) is 2. The summed E-state index contributed by atoms with van der Waals surface area (Å²) in [6, 6.07) is 0.465. The van der Waals surface area contributed by atoms with Crippen LogP contribution >= 0.6 is 0 Å². The summed E-state index contributed by atoms with van der Waals surface area (Å²) in [5, 5.41) is 3.47. The molecule has 1 N–H and O–H groups in total. The number of likely N-dealkylation sites (N-methyl/N-ethyl adjacent to an activating group) is 1. The fourth-order valence-electron chi connectivity index (χ4n) is 3.17. The van der Waals surface area contributed by atoms with E-state index < -0.39 is 0 Å². The maximum absolute atomic E-state index is 5.64. The Morgan fingerprint density at radius 2 is 1.81 bits per heavy atom. The van der Waals surface area contributed by atoms with Gasteiger partial charge in [0.2, 0.25) is 0 Å². The first-order chi connectivity index (χ1) is 7.42. The lowest BCUT2D eigenvalue weighted by atomic mass is 9.70. The molecule has 2 nitrogen and oxygen atoms in total. The number of nitrogens with one attached hydrogen (secondary N) is 1. The van der Waals surface area contributed by atoms with E-state index in [0.29, 0.717) is 6.04 Å². The molecule has 0 aromatic carbocycles. The van der Waals surface area contributed by atoms with Crippen LogP contribution in [0.3, 0.4) is 0 Å². The van der Waals surface area contributed by atoms with Crippen LogP contribution in [0.25, 0.3) is 0 Å². The molecule has 1 aliphatic carbocycles. The first kappa shape index (κ1) is 14.0. The van der Waals surface area contributed by atoms with Gasteiger partial charge >= 0.3 is 0 Å². The fraction of sp³-hybridized carbons (Fsp3) is 1.00. The van der Waals surface area contributed by atoms with Gasteiger partial charge in [0.25, 0.3) is 0 Å². The summed E-state index contributed by atoms with van der Waals surface area (Å²) in [7, 11) is 3.88. The van der Waals surface area contributed by atoms with Crippen LogP contribution in [0.1, 0.15) is 47.0 Å². The minimum absolute atomic E-state index is 0.0697. The Morgan fingerprint density at radius 3 is 2.25 bits per heavy atom. The van der Waals surface area contributed by atoms with Gasteiger partial charge in [0.05, 0.1) is 5.60 Å². The van der Waals surface area contributed by atoms with E-state index in [4.69, 9.17) is 4.74 Å². The number of hydrogen-bond donors (Lipinski definition) is 1. The largest absolute Gasteiger partial charge is 0.377 e. The Bertz CT molecular complexity index is 215. The standard InChI is InChI=1S/C14H29NO/c1-10-7-8-12(9-11(10)2)13(15-5)14(3,4)16-6/h10-13,15H,7-9H2,1-6H3. The number of ether oxygens (including phenoxy) is 1. The molecular weight excluding hydrogens is 198 g/mol. The zero-order chi connectivity index (χ0) is 12.3. The Morgan fingerprint density at radius 1 is 1.19 bits per heavy atom. The summed E-state index contributed by atoms with van der Waals surface area (Å²) >= 11 is 0. The topological polar surface area (TPSA) is 21.3 Å². The van der Waals surface area contributed by atoms with Crippen molar-refractivity contribution in [1.29, 1.82) is 0 Å². The number of methoxy groups -OCH3 is 1. The van der Waals surface area contributed by atoms with Crippen LogP contribution < -0.4 is 5.32 Å². The van der Waals surface area contributed by atoms with Gasteiger partial charge in [0, 0.05) is 13.2 Å². The maximum Gasteiger partial charge on any atom is 0.0777 e. The SMILES string of the molecule is CNC(C1CCC(C)C(C)C1)C(C)(C)OC. The van der Waals surface area contributed by atoms with Crippen LogP contribution in [-0.2, 0) is 4.74 Å². The molecule has 4 atom stereocenters. The van der Waals surface area contributed by atoms with E-state index in [1.807, 2.05) is 7.11 Å². The van der Waals surface area contributed by atoms with Gasteiger partial charge < -0.3 is 10.1 Å². The minimum atomic E-state index is -0.0697. The average Bonchev–Trinajstić information content (AvgIpc) is 2.24. The van der Waals surface area contributed by atoms with E-state index in [-0.39, 0.29) is 5.60 Å². The molecule has 0 aliphatic heterocycles. The molecule has 0 aromatic heterocycles. The van der Waals surface area contributed by atoms with Crippen molar-refractivity contribution in [2.24, 2.45) is 17.8 Å². The van der Waals surface area contributed by atoms with Crippen molar-refractivity contribution in [1.82, 2.24) is 5.32 Å². The Labute approximate surface area is 101 Å². The molecule has 2 heteroatoms. The summed E-state index contributed by atoms with van der Waals surface area (Å²) in [6.07, 6.45) is 4.03. The van der Waals surface area contributed by atoms with Crippen molar-refractivity contribution in [2.75, 3.05) is 14.2 Å². The zero-order valence-corrected chi connectivity index (χ0v) is 11.8. The van der Waals surface area contributed by atoms with E-state index in [1.165, 1.54) is 19.3 Å². The minimum Gasteiger partial charge on any atom is -0.377 e. The molecule has 0 aromatic rings. The molecule has 0 saturated heterocycles. The number of rotatable bonds is 4. The highest BCUT2D eigenvalue weighted by Crippen LogP contribution is 2.37. The lowest BCUT2D eigenvalue weighted by Gasteiger charge is -2.43. The fourth-order valence-corrected chi connectivity index (χ4v) is 3.17. The molecule has 0 spiro atoms. The third-order valence-corrected chi connectivity index (χ3v) is 4.70. The maximum atomic E-state index is 5.64. The van der Waals surface area contributed by atoms with Crippen molar-refractivity contribution in [3.05, 3.63) is 0 Å². The zero-order valence-electron chi connectivity index (χ0n) is 11.8. The van der Waals surface area contributed by atoms with Crippen LogP contribution in [0.15, 0.2) is 0 Å². The Balaban J connectivity index is 2.67. The van der Waals surface area contributed by atoms with E-state index in [9.17, 15) is 0 Å². The monoisotopic (exact) mass is 227 g/mol. The van der Waals surface area contributed by atoms with E-state index in [0.717, 1.165) is 17.8 Å². The van der Waals surface area contributed by atoms with Crippen molar-refractivity contribution < 1.29 is 4.74 Å². The van der Waals surface area contributed by atoms with Gasteiger partial charge in [0.1, 0.15) is 0 Å². The first-order valence-corrected chi connectivity index (χ1v) is 6.64. The molecule has 0 heterocycles. The second-order valence-corrected chi connectivity index (χ2v) is 6.10.